The highest BCUT2D eigenvalue weighted by Gasteiger charge is 2.24. The lowest BCUT2D eigenvalue weighted by Gasteiger charge is -2.26. The third-order valence-corrected chi connectivity index (χ3v) is 2.70. The van der Waals surface area contributed by atoms with E-state index in [-0.39, 0.29) is 12.5 Å². The first-order chi connectivity index (χ1) is 6.97. The van der Waals surface area contributed by atoms with Crippen molar-refractivity contribution in [2.75, 3.05) is 26.3 Å². The van der Waals surface area contributed by atoms with Crippen molar-refractivity contribution in [2.24, 2.45) is 0 Å². The van der Waals surface area contributed by atoms with Crippen LogP contribution in [0.15, 0.2) is 0 Å². The minimum absolute atomic E-state index is 0.0376. The van der Waals surface area contributed by atoms with Gasteiger partial charge < -0.3 is 9.47 Å². The molecule has 2 fully saturated rings. The molecule has 0 bridgehead atoms. The Balaban J connectivity index is 1.83. The molecule has 4 nitrogen and oxygen atoms in total. The first kappa shape index (κ1) is 10.4. The van der Waals surface area contributed by atoms with E-state index >= 15 is 0 Å². The molecule has 0 radical (unpaired) electrons. The van der Waals surface area contributed by atoms with Crippen LogP contribution < -0.4 is 10.6 Å². The van der Waals surface area contributed by atoms with E-state index < -0.39 is 0 Å². The summed E-state index contributed by atoms with van der Waals surface area (Å²) in [5.74, 6) is 0. The fourth-order valence-electron chi connectivity index (χ4n) is 1.87. The summed E-state index contributed by atoms with van der Waals surface area (Å²) >= 11 is 0. The van der Waals surface area contributed by atoms with Crippen LogP contribution in [0.3, 0.4) is 0 Å². The summed E-state index contributed by atoms with van der Waals surface area (Å²) in [5, 5.41) is 6.74. The SMILES string of the molecule is C1CCOC(C2NCCCCO2)NC1. The Hall–Kier alpha value is -0.160. The van der Waals surface area contributed by atoms with Crippen LogP contribution in [0.4, 0.5) is 0 Å². The zero-order valence-corrected chi connectivity index (χ0v) is 8.63. The summed E-state index contributed by atoms with van der Waals surface area (Å²) in [5.41, 5.74) is 0. The third-order valence-electron chi connectivity index (χ3n) is 2.70. The highest BCUT2D eigenvalue weighted by Crippen LogP contribution is 2.08. The number of nitrogens with one attached hydrogen (secondary N) is 2. The van der Waals surface area contributed by atoms with E-state index in [0.29, 0.717) is 0 Å². The van der Waals surface area contributed by atoms with E-state index in [1.165, 1.54) is 12.8 Å². The number of hydrogen-bond acceptors (Lipinski definition) is 4. The van der Waals surface area contributed by atoms with Crippen LogP contribution >= 0.6 is 0 Å². The molecule has 2 aliphatic heterocycles. The Kier molecular flexibility index (Phi) is 4.19. The molecule has 2 atom stereocenters. The van der Waals surface area contributed by atoms with Gasteiger partial charge in [0, 0.05) is 13.2 Å². The average molecular weight is 200 g/mol. The van der Waals surface area contributed by atoms with Gasteiger partial charge in [-0.25, -0.2) is 0 Å². The molecule has 0 aromatic rings. The van der Waals surface area contributed by atoms with Gasteiger partial charge in [0.25, 0.3) is 0 Å². The molecule has 2 unspecified atom stereocenters. The lowest BCUT2D eigenvalue weighted by atomic mass is 10.3. The molecule has 2 rings (SSSR count). The zero-order valence-electron chi connectivity index (χ0n) is 8.63. The van der Waals surface area contributed by atoms with E-state index in [1.54, 1.807) is 0 Å². The van der Waals surface area contributed by atoms with Gasteiger partial charge in [0.1, 0.15) is 12.5 Å². The Bertz CT molecular complexity index is 132. The lowest BCUT2D eigenvalue weighted by Crippen LogP contribution is -2.50. The second-order valence-electron chi connectivity index (χ2n) is 3.91. The van der Waals surface area contributed by atoms with Crippen molar-refractivity contribution in [3.8, 4) is 0 Å². The normalized spacial score (nSPS) is 36.0. The van der Waals surface area contributed by atoms with Crippen LogP contribution in [0, 0.1) is 0 Å². The van der Waals surface area contributed by atoms with Crippen molar-refractivity contribution in [1.82, 2.24) is 10.6 Å². The monoisotopic (exact) mass is 200 g/mol. The maximum absolute atomic E-state index is 5.70. The lowest BCUT2D eigenvalue weighted by molar-refractivity contribution is -0.0904. The maximum Gasteiger partial charge on any atom is 0.148 e. The van der Waals surface area contributed by atoms with Crippen molar-refractivity contribution in [1.29, 1.82) is 0 Å². The molecule has 0 spiro atoms. The molecular weight excluding hydrogens is 180 g/mol. The van der Waals surface area contributed by atoms with Gasteiger partial charge in [0.05, 0.1) is 0 Å². The highest BCUT2D eigenvalue weighted by molar-refractivity contribution is 4.71. The molecule has 4 heteroatoms. The Morgan fingerprint density at radius 1 is 0.714 bits per heavy atom. The molecule has 2 saturated heterocycles. The van der Waals surface area contributed by atoms with Crippen LogP contribution in [0.2, 0.25) is 0 Å². The van der Waals surface area contributed by atoms with E-state index in [4.69, 9.17) is 9.47 Å². The van der Waals surface area contributed by atoms with Gasteiger partial charge in [-0.15, -0.1) is 0 Å². The fourth-order valence-corrected chi connectivity index (χ4v) is 1.87. The summed E-state index contributed by atoms with van der Waals surface area (Å²) in [7, 11) is 0. The second-order valence-corrected chi connectivity index (χ2v) is 3.91. The molecule has 14 heavy (non-hydrogen) atoms. The Morgan fingerprint density at radius 3 is 1.71 bits per heavy atom. The maximum atomic E-state index is 5.70. The smallest absolute Gasteiger partial charge is 0.148 e. The molecular formula is C10H20N2O2. The first-order valence-electron chi connectivity index (χ1n) is 5.67. The molecule has 0 saturated carbocycles. The quantitative estimate of drug-likeness (QED) is 0.644. The van der Waals surface area contributed by atoms with Gasteiger partial charge >= 0.3 is 0 Å². The summed E-state index contributed by atoms with van der Waals surface area (Å²) in [6.07, 6.45) is 4.77. The van der Waals surface area contributed by atoms with Crippen molar-refractivity contribution in [3.05, 3.63) is 0 Å². The number of hydrogen-bond donors (Lipinski definition) is 2. The molecule has 0 amide bonds. The van der Waals surface area contributed by atoms with Gasteiger partial charge in [-0.1, -0.05) is 0 Å². The second kappa shape index (κ2) is 5.66. The standard InChI is InChI=1S/C10H20N2O2/c1-3-7-13-9(11-5-1)10-12-6-2-4-8-14-10/h9-12H,1-8H2. The summed E-state index contributed by atoms with van der Waals surface area (Å²) in [4.78, 5) is 0. The Labute approximate surface area is 85.3 Å². The van der Waals surface area contributed by atoms with Gasteiger partial charge in [0.15, 0.2) is 0 Å². The van der Waals surface area contributed by atoms with E-state index in [1.807, 2.05) is 0 Å². The summed E-state index contributed by atoms with van der Waals surface area (Å²) in [6.45, 7) is 3.76. The predicted molar refractivity (Wildman–Crippen MR) is 54.0 cm³/mol. The van der Waals surface area contributed by atoms with E-state index in [9.17, 15) is 0 Å². The van der Waals surface area contributed by atoms with Crippen LogP contribution in [-0.4, -0.2) is 38.8 Å². The largest absolute Gasteiger partial charge is 0.359 e. The van der Waals surface area contributed by atoms with Crippen molar-refractivity contribution < 1.29 is 9.47 Å². The molecule has 2 heterocycles. The molecule has 82 valence electrons. The van der Waals surface area contributed by atoms with Crippen molar-refractivity contribution >= 4 is 0 Å². The first-order valence-corrected chi connectivity index (χ1v) is 5.67. The van der Waals surface area contributed by atoms with Crippen LogP contribution in [0.25, 0.3) is 0 Å². The van der Waals surface area contributed by atoms with Gasteiger partial charge in [0.2, 0.25) is 0 Å². The fraction of sp³-hybridized carbons (Fsp3) is 1.00. The third kappa shape index (κ3) is 2.92. The summed E-state index contributed by atoms with van der Waals surface area (Å²) in [6, 6.07) is 0. The molecule has 0 aromatic heterocycles. The van der Waals surface area contributed by atoms with Crippen LogP contribution in [-0.2, 0) is 9.47 Å². The predicted octanol–water partition coefficient (Wildman–Crippen LogP) is 0.439. The average Bonchev–Trinajstić information content (AvgIpc) is 2.62. The topological polar surface area (TPSA) is 42.5 Å². The molecule has 0 aliphatic carbocycles. The van der Waals surface area contributed by atoms with E-state index in [0.717, 1.165) is 39.1 Å². The minimum Gasteiger partial charge on any atom is -0.359 e. The van der Waals surface area contributed by atoms with Crippen molar-refractivity contribution in [3.63, 3.8) is 0 Å². The van der Waals surface area contributed by atoms with Gasteiger partial charge in [-0.05, 0) is 38.8 Å². The highest BCUT2D eigenvalue weighted by atomic mass is 16.6. The van der Waals surface area contributed by atoms with Gasteiger partial charge in [-0.2, -0.15) is 0 Å². The molecule has 2 aliphatic rings. The summed E-state index contributed by atoms with van der Waals surface area (Å²) < 4.78 is 11.4. The number of ether oxygens (including phenoxy) is 2. The van der Waals surface area contributed by atoms with E-state index in [2.05, 4.69) is 10.6 Å². The minimum atomic E-state index is 0.0376. The number of rotatable bonds is 1. The van der Waals surface area contributed by atoms with Gasteiger partial charge in [-0.3, -0.25) is 10.6 Å². The Morgan fingerprint density at radius 2 is 1.21 bits per heavy atom. The van der Waals surface area contributed by atoms with Crippen LogP contribution in [0.5, 0.6) is 0 Å². The molecule has 2 N–H and O–H groups in total. The van der Waals surface area contributed by atoms with Crippen LogP contribution in [0.1, 0.15) is 25.7 Å². The zero-order chi connectivity index (χ0) is 9.64. The molecule has 0 aromatic carbocycles. The van der Waals surface area contributed by atoms with Crippen molar-refractivity contribution in [2.45, 2.75) is 38.1 Å².